The minimum Gasteiger partial charge on any atom is -0.497 e. The molecule has 0 radical (unpaired) electrons. The molecule has 0 atom stereocenters. The van der Waals surface area contributed by atoms with Crippen LogP contribution in [0.3, 0.4) is 0 Å². The Morgan fingerprint density at radius 3 is 2.71 bits per heavy atom. The van der Waals surface area contributed by atoms with Gasteiger partial charge in [-0.15, -0.1) is 0 Å². The minimum atomic E-state index is -0.121. The second-order valence-electron chi connectivity index (χ2n) is 4.76. The zero-order chi connectivity index (χ0) is 15.0. The predicted molar refractivity (Wildman–Crippen MR) is 85.1 cm³/mol. The van der Waals surface area contributed by atoms with Gasteiger partial charge in [-0.05, 0) is 31.2 Å². The van der Waals surface area contributed by atoms with E-state index in [1.54, 1.807) is 25.3 Å². The Hall–Kier alpha value is -2.07. The molecule has 0 N–H and O–H groups in total. The summed E-state index contributed by atoms with van der Waals surface area (Å²) in [4.78, 5) is 12.6. The first-order chi connectivity index (χ1) is 10.1. The van der Waals surface area contributed by atoms with Crippen molar-refractivity contribution in [2.45, 2.75) is 6.92 Å². The van der Waals surface area contributed by atoms with Crippen molar-refractivity contribution >= 4 is 32.7 Å². The van der Waals surface area contributed by atoms with E-state index >= 15 is 0 Å². The van der Waals surface area contributed by atoms with Crippen LogP contribution in [0, 0.1) is 6.92 Å². The molecule has 0 fully saturated rings. The molecule has 0 unspecified atom stereocenters. The van der Waals surface area contributed by atoms with Gasteiger partial charge in [-0.25, -0.2) is 0 Å². The van der Waals surface area contributed by atoms with Crippen LogP contribution in [0.2, 0.25) is 0 Å². The maximum Gasteiger partial charge on any atom is 0.228 e. The third kappa shape index (κ3) is 2.47. The summed E-state index contributed by atoms with van der Waals surface area (Å²) in [6.07, 6.45) is 0. The number of furan rings is 1. The number of aryl methyl sites for hydroxylation is 1. The molecule has 3 rings (SSSR count). The molecule has 3 aromatic rings. The van der Waals surface area contributed by atoms with Gasteiger partial charge in [-0.1, -0.05) is 28.1 Å². The molecule has 106 valence electrons. The van der Waals surface area contributed by atoms with E-state index in [4.69, 9.17) is 9.15 Å². The zero-order valence-corrected chi connectivity index (χ0v) is 13.2. The molecule has 0 amide bonds. The quantitative estimate of drug-likeness (QED) is 0.644. The van der Waals surface area contributed by atoms with Gasteiger partial charge in [0.15, 0.2) is 5.76 Å². The number of benzene rings is 2. The Labute approximate surface area is 130 Å². The van der Waals surface area contributed by atoms with Gasteiger partial charge in [-0.3, -0.25) is 4.79 Å². The number of halogens is 1. The maximum atomic E-state index is 12.6. The minimum absolute atomic E-state index is 0.121. The molecular formula is C17H13BrO3. The van der Waals surface area contributed by atoms with Crippen LogP contribution in [0.25, 0.3) is 11.0 Å². The van der Waals surface area contributed by atoms with E-state index in [9.17, 15) is 4.79 Å². The first-order valence-corrected chi connectivity index (χ1v) is 7.27. The van der Waals surface area contributed by atoms with Crippen molar-refractivity contribution in [2.75, 3.05) is 7.11 Å². The van der Waals surface area contributed by atoms with E-state index in [1.165, 1.54) is 0 Å². The van der Waals surface area contributed by atoms with E-state index in [-0.39, 0.29) is 5.78 Å². The Kier molecular flexibility index (Phi) is 3.55. The van der Waals surface area contributed by atoms with Gasteiger partial charge >= 0.3 is 0 Å². The smallest absolute Gasteiger partial charge is 0.228 e. The first kappa shape index (κ1) is 13.9. The Balaban J connectivity index is 2.12. The Bertz CT molecular complexity index is 833. The molecule has 0 aliphatic rings. The normalized spacial score (nSPS) is 10.8. The molecule has 1 heterocycles. The third-order valence-electron chi connectivity index (χ3n) is 3.44. The highest BCUT2D eigenvalue weighted by atomic mass is 79.9. The van der Waals surface area contributed by atoms with E-state index in [1.807, 2.05) is 31.2 Å². The number of rotatable bonds is 3. The van der Waals surface area contributed by atoms with Crippen LogP contribution in [0.15, 0.2) is 51.4 Å². The summed E-state index contributed by atoms with van der Waals surface area (Å²) in [6, 6.07) is 12.8. The summed E-state index contributed by atoms with van der Waals surface area (Å²) >= 11 is 3.38. The van der Waals surface area contributed by atoms with E-state index in [0.717, 1.165) is 15.4 Å². The highest BCUT2D eigenvalue weighted by Crippen LogP contribution is 2.30. The zero-order valence-electron chi connectivity index (χ0n) is 11.6. The second-order valence-corrected chi connectivity index (χ2v) is 5.67. The fourth-order valence-electron chi connectivity index (χ4n) is 2.31. The van der Waals surface area contributed by atoms with Crippen molar-refractivity contribution < 1.29 is 13.9 Å². The van der Waals surface area contributed by atoms with Gasteiger partial charge in [-0.2, -0.15) is 0 Å². The van der Waals surface area contributed by atoms with Crippen molar-refractivity contribution in [3.05, 3.63) is 63.8 Å². The number of methoxy groups -OCH3 is 1. The lowest BCUT2D eigenvalue weighted by atomic mass is 10.0. The fourth-order valence-corrected chi connectivity index (χ4v) is 2.71. The van der Waals surface area contributed by atoms with Crippen molar-refractivity contribution in [1.29, 1.82) is 0 Å². The van der Waals surface area contributed by atoms with Gasteiger partial charge in [0.25, 0.3) is 0 Å². The maximum absolute atomic E-state index is 12.6. The third-order valence-corrected chi connectivity index (χ3v) is 3.93. The highest BCUT2D eigenvalue weighted by molar-refractivity contribution is 9.10. The topological polar surface area (TPSA) is 39.4 Å². The van der Waals surface area contributed by atoms with Gasteiger partial charge in [0.1, 0.15) is 11.3 Å². The van der Waals surface area contributed by atoms with Crippen LogP contribution in [0.1, 0.15) is 21.7 Å². The summed E-state index contributed by atoms with van der Waals surface area (Å²) in [6.45, 7) is 1.89. The number of ketones is 1. The van der Waals surface area contributed by atoms with Gasteiger partial charge in [0, 0.05) is 27.1 Å². The molecule has 0 saturated heterocycles. The Morgan fingerprint density at radius 1 is 1.19 bits per heavy atom. The van der Waals surface area contributed by atoms with E-state index in [2.05, 4.69) is 15.9 Å². The van der Waals surface area contributed by atoms with E-state index < -0.39 is 0 Å². The first-order valence-electron chi connectivity index (χ1n) is 6.47. The van der Waals surface area contributed by atoms with Crippen LogP contribution in [-0.4, -0.2) is 12.9 Å². The van der Waals surface area contributed by atoms with Crippen molar-refractivity contribution in [3.63, 3.8) is 0 Å². The van der Waals surface area contributed by atoms with Gasteiger partial charge < -0.3 is 9.15 Å². The monoisotopic (exact) mass is 344 g/mol. The highest BCUT2D eigenvalue weighted by Gasteiger charge is 2.19. The van der Waals surface area contributed by atoms with Crippen LogP contribution in [0.4, 0.5) is 0 Å². The summed E-state index contributed by atoms with van der Waals surface area (Å²) < 4.78 is 11.8. The number of hydrogen-bond acceptors (Lipinski definition) is 3. The fraction of sp³-hybridized carbons (Fsp3) is 0.118. The summed E-state index contributed by atoms with van der Waals surface area (Å²) in [7, 11) is 1.60. The lowest BCUT2D eigenvalue weighted by molar-refractivity contribution is 0.101. The van der Waals surface area contributed by atoms with Crippen LogP contribution >= 0.6 is 15.9 Å². The lowest BCUT2D eigenvalue weighted by Gasteiger charge is -1.99. The number of carbonyl (C=O) groups is 1. The van der Waals surface area contributed by atoms with Crippen LogP contribution < -0.4 is 4.74 Å². The number of hydrogen-bond donors (Lipinski definition) is 0. The van der Waals surface area contributed by atoms with Crippen LogP contribution in [-0.2, 0) is 0 Å². The molecule has 3 nitrogen and oxygen atoms in total. The van der Waals surface area contributed by atoms with Crippen LogP contribution in [0.5, 0.6) is 5.75 Å². The van der Waals surface area contributed by atoms with Crippen molar-refractivity contribution in [1.82, 2.24) is 0 Å². The Morgan fingerprint density at radius 2 is 2.00 bits per heavy atom. The average molecular weight is 345 g/mol. The molecule has 0 aliphatic heterocycles. The molecule has 0 aliphatic carbocycles. The summed E-state index contributed by atoms with van der Waals surface area (Å²) in [5.41, 5.74) is 2.10. The molecule has 2 aromatic carbocycles. The number of ether oxygens (including phenoxy) is 1. The summed E-state index contributed by atoms with van der Waals surface area (Å²) in [5.74, 6) is 0.957. The largest absolute Gasteiger partial charge is 0.497 e. The standard InChI is InChI=1S/C17H13BrO3/c1-10-14-7-6-13(20-2)9-15(14)21-17(10)16(19)11-4-3-5-12(18)8-11/h3-9H,1-2H3. The predicted octanol–water partition coefficient (Wildman–Crippen LogP) is 4.74. The molecular weight excluding hydrogens is 332 g/mol. The second kappa shape index (κ2) is 5.37. The molecule has 1 aromatic heterocycles. The van der Waals surface area contributed by atoms with Crippen molar-refractivity contribution in [2.24, 2.45) is 0 Å². The summed E-state index contributed by atoms with van der Waals surface area (Å²) in [5, 5.41) is 0.925. The molecule has 0 saturated carbocycles. The molecule has 4 heteroatoms. The average Bonchev–Trinajstić information content (AvgIpc) is 2.83. The number of fused-ring (bicyclic) bond motifs is 1. The number of carbonyl (C=O) groups excluding carboxylic acids is 1. The molecule has 0 bridgehead atoms. The SMILES string of the molecule is COc1ccc2c(C)c(C(=O)c3cccc(Br)c3)oc2c1. The van der Waals surface area contributed by atoms with E-state index in [0.29, 0.717) is 22.7 Å². The molecule has 0 spiro atoms. The lowest BCUT2D eigenvalue weighted by Crippen LogP contribution is -2.01. The molecule has 21 heavy (non-hydrogen) atoms. The van der Waals surface area contributed by atoms with Gasteiger partial charge in [0.2, 0.25) is 5.78 Å². The van der Waals surface area contributed by atoms with Crippen molar-refractivity contribution in [3.8, 4) is 5.75 Å². The van der Waals surface area contributed by atoms with Gasteiger partial charge in [0.05, 0.1) is 7.11 Å².